The van der Waals surface area contributed by atoms with Gasteiger partial charge >= 0.3 is 0 Å². The van der Waals surface area contributed by atoms with Crippen LogP contribution >= 0.6 is 0 Å². The third-order valence-corrected chi connectivity index (χ3v) is 7.37. The van der Waals surface area contributed by atoms with Crippen LogP contribution in [-0.2, 0) is 19.6 Å². The topological polar surface area (TPSA) is 86.8 Å². The highest BCUT2D eigenvalue weighted by Crippen LogP contribution is 2.27. The molecule has 2 heterocycles. The van der Waals surface area contributed by atoms with E-state index in [0.29, 0.717) is 24.5 Å². The smallest absolute Gasteiger partial charge is 0.243 e. The summed E-state index contributed by atoms with van der Waals surface area (Å²) >= 11 is 0. The molecule has 0 radical (unpaired) electrons. The van der Waals surface area contributed by atoms with E-state index in [1.807, 2.05) is 0 Å². The molecule has 30 heavy (non-hydrogen) atoms. The van der Waals surface area contributed by atoms with Crippen LogP contribution in [0.15, 0.2) is 53.4 Å². The molecule has 0 saturated carbocycles. The first-order valence-electron chi connectivity index (χ1n) is 9.81. The summed E-state index contributed by atoms with van der Waals surface area (Å²) in [4.78, 5) is 26.6. The minimum absolute atomic E-state index is 0.0602. The van der Waals surface area contributed by atoms with Gasteiger partial charge in [0.05, 0.1) is 10.8 Å². The number of nitrogens with zero attached hydrogens (tertiary/aromatic N) is 2. The predicted octanol–water partition coefficient (Wildman–Crippen LogP) is 2.60. The third-order valence-electron chi connectivity index (χ3n) is 5.46. The normalized spacial score (nSPS) is 20.0. The van der Waals surface area contributed by atoms with Gasteiger partial charge in [-0.3, -0.25) is 9.59 Å². The van der Waals surface area contributed by atoms with Gasteiger partial charge in [-0.1, -0.05) is 0 Å². The first-order chi connectivity index (χ1) is 14.3. The summed E-state index contributed by atoms with van der Waals surface area (Å²) in [5.41, 5.74) is 1.02. The van der Waals surface area contributed by atoms with Crippen LogP contribution < -0.4 is 10.2 Å². The Kier molecular flexibility index (Phi) is 5.57. The lowest BCUT2D eigenvalue weighted by molar-refractivity contribution is -0.122. The second kappa shape index (κ2) is 8.16. The Morgan fingerprint density at radius 2 is 1.63 bits per heavy atom. The maximum atomic E-state index is 13.1. The summed E-state index contributed by atoms with van der Waals surface area (Å²) in [6.07, 6.45) is 1.79. The zero-order valence-electron chi connectivity index (χ0n) is 16.3. The number of benzene rings is 2. The molecule has 0 spiro atoms. The van der Waals surface area contributed by atoms with Gasteiger partial charge in [-0.2, -0.15) is 4.31 Å². The Morgan fingerprint density at radius 3 is 2.27 bits per heavy atom. The third kappa shape index (κ3) is 4.08. The molecule has 7 nitrogen and oxygen atoms in total. The second-order valence-corrected chi connectivity index (χ2v) is 9.44. The van der Waals surface area contributed by atoms with Crippen LogP contribution in [0.25, 0.3) is 0 Å². The molecule has 0 aromatic heterocycles. The van der Waals surface area contributed by atoms with Crippen molar-refractivity contribution in [1.29, 1.82) is 0 Å². The lowest BCUT2D eigenvalue weighted by Gasteiger charge is -2.17. The lowest BCUT2D eigenvalue weighted by atomic mass is 10.1. The van der Waals surface area contributed by atoms with Crippen LogP contribution in [0.3, 0.4) is 0 Å². The van der Waals surface area contributed by atoms with Gasteiger partial charge in [-0.05, 0) is 61.4 Å². The zero-order chi connectivity index (χ0) is 21.3. The van der Waals surface area contributed by atoms with Crippen molar-refractivity contribution in [2.75, 3.05) is 29.9 Å². The van der Waals surface area contributed by atoms with Crippen molar-refractivity contribution in [3.63, 3.8) is 0 Å². The van der Waals surface area contributed by atoms with Crippen LogP contribution in [0.5, 0.6) is 0 Å². The van der Waals surface area contributed by atoms with E-state index in [1.54, 1.807) is 12.1 Å². The quantitative estimate of drug-likeness (QED) is 0.789. The van der Waals surface area contributed by atoms with E-state index < -0.39 is 21.8 Å². The average Bonchev–Trinajstić information content (AvgIpc) is 3.40. The fourth-order valence-corrected chi connectivity index (χ4v) is 5.30. The Bertz CT molecular complexity index is 1050. The van der Waals surface area contributed by atoms with E-state index >= 15 is 0 Å². The van der Waals surface area contributed by atoms with E-state index in [-0.39, 0.29) is 29.7 Å². The van der Waals surface area contributed by atoms with Crippen molar-refractivity contribution in [1.82, 2.24) is 4.31 Å². The van der Waals surface area contributed by atoms with Crippen LogP contribution in [0.1, 0.15) is 19.3 Å². The van der Waals surface area contributed by atoms with Crippen LogP contribution in [-0.4, -0.2) is 44.2 Å². The molecular weight excluding hydrogens is 409 g/mol. The minimum Gasteiger partial charge on any atom is -0.326 e. The summed E-state index contributed by atoms with van der Waals surface area (Å²) in [6.45, 7) is 1.26. The van der Waals surface area contributed by atoms with Gasteiger partial charge in [0, 0.05) is 37.4 Å². The molecule has 1 N–H and O–H groups in total. The average molecular weight is 431 g/mol. The predicted molar refractivity (Wildman–Crippen MR) is 110 cm³/mol. The maximum absolute atomic E-state index is 13.1. The molecule has 158 valence electrons. The molecule has 2 aromatic carbocycles. The number of amides is 2. The molecule has 2 aromatic rings. The minimum atomic E-state index is -3.51. The standard InChI is InChI=1S/C21H22FN3O4S/c22-16-3-7-18(8-4-16)25-14-15(13-20(25)26)21(27)23-17-5-9-19(10-6-17)30(28,29)24-11-1-2-12-24/h3-10,15H,1-2,11-14H2,(H,23,27)/t15-/m1/s1. The molecule has 2 aliphatic rings. The van der Waals surface area contributed by atoms with E-state index in [0.717, 1.165) is 12.8 Å². The molecule has 2 saturated heterocycles. The number of rotatable bonds is 5. The van der Waals surface area contributed by atoms with E-state index in [2.05, 4.69) is 5.32 Å². The van der Waals surface area contributed by atoms with Crippen molar-refractivity contribution < 1.29 is 22.4 Å². The molecule has 1 atom stereocenters. The summed E-state index contributed by atoms with van der Waals surface area (Å²) in [5, 5.41) is 2.75. The Labute approximate surface area is 174 Å². The number of hydrogen-bond donors (Lipinski definition) is 1. The van der Waals surface area contributed by atoms with Crippen LogP contribution in [0.4, 0.5) is 15.8 Å². The molecular formula is C21H22FN3O4S. The number of carbonyl (C=O) groups is 2. The summed E-state index contributed by atoms with van der Waals surface area (Å²) in [7, 11) is -3.51. The van der Waals surface area contributed by atoms with E-state index in [9.17, 15) is 22.4 Å². The highest BCUT2D eigenvalue weighted by Gasteiger charge is 2.35. The van der Waals surface area contributed by atoms with Gasteiger partial charge in [0.15, 0.2) is 0 Å². The number of carbonyl (C=O) groups excluding carboxylic acids is 2. The Morgan fingerprint density at radius 1 is 1.00 bits per heavy atom. The monoisotopic (exact) mass is 431 g/mol. The maximum Gasteiger partial charge on any atom is 0.243 e. The fourth-order valence-electron chi connectivity index (χ4n) is 3.79. The molecule has 0 aliphatic carbocycles. The highest BCUT2D eigenvalue weighted by atomic mass is 32.2. The lowest BCUT2D eigenvalue weighted by Crippen LogP contribution is -2.28. The number of anilines is 2. The Hall–Kier alpha value is -2.78. The summed E-state index contributed by atoms with van der Waals surface area (Å²) in [5.74, 6) is -1.46. The SMILES string of the molecule is O=C(Nc1ccc(S(=O)(=O)N2CCCC2)cc1)[C@@H]1CC(=O)N(c2ccc(F)cc2)C1. The van der Waals surface area contributed by atoms with Crippen molar-refractivity contribution >= 4 is 33.2 Å². The molecule has 0 unspecified atom stereocenters. The van der Waals surface area contributed by atoms with Gasteiger partial charge in [0.25, 0.3) is 0 Å². The molecule has 2 fully saturated rings. The fraction of sp³-hybridized carbons (Fsp3) is 0.333. The summed E-state index contributed by atoms with van der Waals surface area (Å²) < 4.78 is 39.7. The summed E-state index contributed by atoms with van der Waals surface area (Å²) in [6, 6.07) is 11.6. The zero-order valence-corrected chi connectivity index (χ0v) is 17.1. The molecule has 4 rings (SSSR count). The van der Waals surface area contributed by atoms with Gasteiger partial charge in [0.1, 0.15) is 5.82 Å². The van der Waals surface area contributed by atoms with Crippen molar-refractivity contribution in [3.8, 4) is 0 Å². The van der Waals surface area contributed by atoms with Crippen molar-refractivity contribution in [2.24, 2.45) is 5.92 Å². The van der Waals surface area contributed by atoms with Gasteiger partial charge in [-0.25, -0.2) is 12.8 Å². The van der Waals surface area contributed by atoms with Crippen LogP contribution in [0, 0.1) is 11.7 Å². The van der Waals surface area contributed by atoms with Gasteiger partial charge in [0.2, 0.25) is 21.8 Å². The van der Waals surface area contributed by atoms with Crippen LogP contribution in [0.2, 0.25) is 0 Å². The van der Waals surface area contributed by atoms with Gasteiger partial charge < -0.3 is 10.2 Å². The van der Waals surface area contributed by atoms with E-state index in [4.69, 9.17) is 0 Å². The Balaban J connectivity index is 1.40. The number of nitrogens with one attached hydrogen (secondary N) is 1. The van der Waals surface area contributed by atoms with Crippen molar-refractivity contribution in [3.05, 3.63) is 54.3 Å². The number of hydrogen-bond acceptors (Lipinski definition) is 4. The largest absolute Gasteiger partial charge is 0.326 e. The molecule has 2 aliphatic heterocycles. The number of sulfonamides is 1. The molecule has 2 amide bonds. The van der Waals surface area contributed by atoms with Crippen molar-refractivity contribution in [2.45, 2.75) is 24.2 Å². The molecule has 0 bridgehead atoms. The number of halogens is 1. The van der Waals surface area contributed by atoms with Gasteiger partial charge in [-0.15, -0.1) is 0 Å². The highest BCUT2D eigenvalue weighted by molar-refractivity contribution is 7.89. The van der Waals surface area contributed by atoms with E-state index in [1.165, 1.54) is 45.6 Å². The second-order valence-electron chi connectivity index (χ2n) is 7.51. The first kappa shape index (κ1) is 20.5. The first-order valence-corrected chi connectivity index (χ1v) is 11.3. The molecule has 9 heteroatoms.